The molecule has 1 aromatic rings. The maximum Gasteiger partial charge on any atom is 0.297 e. The van der Waals surface area contributed by atoms with E-state index in [-0.39, 0.29) is 5.84 Å². The van der Waals surface area contributed by atoms with Crippen LogP contribution in [0, 0.1) is 5.41 Å². The van der Waals surface area contributed by atoms with Gasteiger partial charge in [0.25, 0.3) is 6.01 Å². The van der Waals surface area contributed by atoms with Crippen LogP contribution in [-0.2, 0) is 0 Å². The Morgan fingerprint density at radius 2 is 2.13 bits per heavy atom. The highest BCUT2D eigenvalue weighted by atomic mass is 16.4. The van der Waals surface area contributed by atoms with Crippen molar-refractivity contribution in [1.82, 2.24) is 9.88 Å². The largest absolute Gasteiger partial charge is 0.420 e. The predicted molar refractivity (Wildman–Crippen MR) is 57.2 cm³/mol. The Labute approximate surface area is 88.2 Å². The van der Waals surface area contributed by atoms with Crippen molar-refractivity contribution in [2.45, 2.75) is 0 Å². The first-order chi connectivity index (χ1) is 7.16. The first kappa shape index (κ1) is 9.97. The fraction of sp³-hybridized carbons (Fsp3) is 0.556. The molecule has 3 N–H and O–H groups in total. The second kappa shape index (κ2) is 3.90. The lowest BCUT2D eigenvalue weighted by Gasteiger charge is -2.31. The molecule has 1 aliphatic heterocycles. The number of amidine groups is 1. The van der Waals surface area contributed by atoms with Gasteiger partial charge >= 0.3 is 0 Å². The summed E-state index contributed by atoms with van der Waals surface area (Å²) in [6.45, 7) is 3.79. The van der Waals surface area contributed by atoms with Gasteiger partial charge in [0, 0.05) is 26.2 Å². The molecule has 0 aliphatic carbocycles. The monoisotopic (exact) mass is 209 g/mol. The SMILES string of the molecule is CN1CCN(c2ncc(C(=N)N)o2)CC1. The van der Waals surface area contributed by atoms with Gasteiger partial charge in [0.2, 0.25) is 0 Å². The van der Waals surface area contributed by atoms with Gasteiger partial charge in [0.05, 0.1) is 6.20 Å². The number of nitrogens with one attached hydrogen (secondary N) is 1. The number of nitrogens with two attached hydrogens (primary N) is 1. The molecule has 0 radical (unpaired) electrons. The van der Waals surface area contributed by atoms with Crippen LogP contribution in [0.25, 0.3) is 0 Å². The van der Waals surface area contributed by atoms with E-state index >= 15 is 0 Å². The smallest absolute Gasteiger partial charge is 0.297 e. The fourth-order valence-electron chi connectivity index (χ4n) is 1.53. The molecule has 1 aromatic heterocycles. The molecule has 2 rings (SSSR count). The first-order valence-electron chi connectivity index (χ1n) is 4.90. The van der Waals surface area contributed by atoms with E-state index in [1.54, 1.807) is 0 Å². The highest BCUT2D eigenvalue weighted by molar-refractivity contribution is 5.92. The minimum absolute atomic E-state index is 0.0807. The van der Waals surface area contributed by atoms with Gasteiger partial charge in [-0.25, -0.2) is 4.98 Å². The molecule has 6 nitrogen and oxygen atoms in total. The molecular weight excluding hydrogens is 194 g/mol. The topological polar surface area (TPSA) is 82.4 Å². The highest BCUT2D eigenvalue weighted by Gasteiger charge is 2.18. The van der Waals surface area contributed by atoms with Crippen LogP contribution >= 0.6 is 0 Å². The molecule has 6 heteroatoms. The summed E-state index contributed by atoms with van der Waals surface area (Å²) in [5.74, 6) is 0.256. The average molecular weight is 209 g/mol. The van der Waals surface area contributed by atoms with Gasteiger partial charge < -0.3 is 20.0 Å². The van der Waals surface area contributed by atoms with Crippen molar-refractivity contribution in [3.63, 3.8) is 0 Å². The quantitative estimate of drug-likeness (QED) is 0.516. The molecule has 82 valence electrons. The van der Waals surface area contributed by atoms with Gasteiger partial charge in [0.1, 0.15) is 0 Å². The van der Waals surface area contributed by atoms with E-state index in [9.17, 15) is 0 Å². The first-order valence-corrected chi connectivity index (χ1v) is 4.90. The van der Waals surface area contributed by atoms with E-state index in [4.69, 9.17) is 15.6 Å². The number of nitrogens with zero attached hydrogens (tertiary/aromatic N) is 3. The number of anilines is 1. The van der Waals surface area contributed by atoms with Crippen LogP contribution in [0.4, 0.5) is 6.01 Å². The van der Waals surface area contributed by atoms with Crippen molar-refractivity contribution in [2.24, 2.45) is 5.73 Å². The predicted octanol–water partition coefficient (Wildman–Crippen LogP) is -0.290. The van der Waals surface area contributed by atoms with E-state index in [0.717, 1.165) is 26.2 Å². The second-order valence-electron chi connectivity index (χ2n) is 3.71. The number of hydrogen-bond acceptors (Lipinski definition) is 5. The van der Waals surface area contributed by atoms with E-state index in [2.05, 4.69) is 21.8 Å². The molecule has 2 heterocycles. The summed E-state index contributed by atoms with van der Waals surface area (Å²) >= 11 is 0. The molecule has 0 saturated carbocycles. The molecule has 0 atom stereocenters. The number of nitrogen functional groups attached to an aromatic ring is 1. The Kier molecular flexibility index (Phi) is 2.59. The van der Waals surface area contributed by atoms with Crippen molar-refractivity contribution in [2.75, 3.05) is 38.1 Å². The van der Waals surface area contributed by atoms with Gasteiger partial charge in [-0.15, -0.1) is 0 Å². The molecule has 0 aromatic carbocycles. The lowest BCUT2D eigenvalue weighted by Crippen LogP contribution is -2.44. The van der Waals surface area contributed by atoms with Gasteiger partial charge in [-0.05, 0) is 7.05 Å². The molecule has 1 aliphatic rings. The molecule has 0 bridgehead atoms. The lowest BCUT2D eigenvalue weighted by atomic mass is 10.3. The van der Waals surface area contributed by atoms with Gasteiger partial charge in [-0.3, -0.25) is 5.41 Å². The maximum atomic E-state index is 7.21. The Morgan fingerprint density at radius 3 is 2.67 bits per heavy atom. The third kappa shape index (κ3) is 2.10. The number of hydrogen-bond donors (Lipinski definition) is 2. The Hall–Kier alpha value is -1.56. The minimum atomic E-state index is -0.0807. The number of piperazine rings is 1. The van der Waals surface area contributed by atoms with Gasteiger partial charge in [-0.1, -0.05) is 0 Å². The Bertz CT molecular complexity index is 353. The summed E-state index contributed by atoms with van der Waals surface area (Å²) in [6, 6.07) is 0.563. The lowest BCUT2D eigenvalue weighted by molar-refractivity contribution is 0.304. The molecule has 1 saturated heterocycles. The van der Waals surface area contributed by atoms with Crippen LogP contribution in [-0.4, -0.2) is 48.9 Å². The fourth-order valence-corrected chi connectivity index (χ4v) is 1.53. The van der Waals surface area contributed by atoms with Crippen molar-refractivity contribution < 1.29 is 4.42 Å². The Balaban J connectivity index is 2.06. The number of oxazole rings is 1. The van der Waals surface area contributed by atoms with Crippen LogP contribution in [0.1, 0.15) is 5.76 Å². The van der Waals surface area contributed by atoms with Crippen molar-refractivity contribution in [3.8, 4) is 0 Å². The van der Waals surface area contributed by atoms with Crippen LogP contribution in [0.3, 0.4) is 0 Å². The second-order valence-corrected chi connectivity index (χ2v) is 3.71. The summed E-state index contributed by atoms with van der Waals surface area (Å²) in [6.07, 6.45) is 1.50. The van der Waals surface area contributed by atoms with E-state index in [1.807, 2.05) is 0 Å². The zero-order chi connectivity index (χ0) is 10.8. The van der Waals surface area contributed by atoms with Crippen molar-refractivity contribution in [1.29, 1.82) is 5.41 Å². The maximum absolute atomic E-state index is 7.21. The zero-order valence-corrected chi connectivity index (χ0v) is 8.73. The third-order valence-corrected chi connectivity index (χ3v) is 2.53. The molecule has 0 spiro atoms. The zero-order valence-electron chi connectivity index (χ0n) is 8.73. The van der Waals surface area contributed by atoms with Crippen LogP contribution in [0.2, 0.25) is 0 Å². The number of rotatable bonds is 2. The van der Waals surface area contributed by atoms with E-state index in [0.29, 0.717) is 11.8 Å². The normalized spacial score (nSPS) is 18.1. The van der Waals surface area contributed by atoms with Crippen molar-refractivity contribution >= 4 is 11.9 Å². The molecule has 0 amide bonds. The average Bonchev–Trinajstić information content (AvgIpc) is 2.68. The Morgan fingerprint density at radius 1 is 1.47 bits per heavy atom. The molecule has 1 fully saturated rings. The number of likely N-dealkylation sites (N-methyl/N-ethyl adjacent to an activating group) is 1. The third-order valence-electron chi connectivity index (χ3n) is 2.53. The summed E-state index contributed by atoms with van der Waals surface area (Å²) in [4.78, 5) is 8.42. The summed E-state index contributed by atoms with van der Waals surface area (Å²) in [7, 11) is 2.09. The van der Waals surface area contributed by atoms with Crippen LogP contribution in [0.15, 0.2) is 10.6 Å². The van der Waals surface area contributed by atoms with Crippen molar-refractivity contribution in [3.05, 3.63) is 12.0 Å². The summed E-state index contributed by atoms with van der Waals surface area (Å²) in [5, 5.41) is 7.21. The van der Waals surface area contributed by atoms with E-state index in [1.165, 1.54) is 6.20 Å². The van der Waals surface area contributed by atoms with Crippen LogP contribution < -0.4 is 10.6 Å². The van der Waals surface area contributed by atoms with Gasteiger partial charge in [-0.2, -0.15) is 0 Å². The highest BCUT2D eigenvalue weighted by Crippen LogP contribution is 2.15. The summed E-state index contributed by atoms with van der Waals surface area (Å²) < 4.78 is 5.37. The van der Waals surface area contributed by atoms with Gasteiger partial charge in [0.15, 0.2) is 11.6 Å². The summed E-state index contributed by atoms with van der Waals surface area (Å²) in [5.41, 5.74) is 5.30. The van der Waals surface area contributed by atoms with E-state index < -0.39 is 0 Å². The van der Waals surface area contributed by atoms with Crippen LogP contribution in [0.5, 0.6) is 0 Å². The molecular formula is C9H15N5O. The number of aromatic nitrogens is 1. The minimum Gasteiger partial charge on any atom is -0.420 e. The standard InChI is InChI=1S/C9H15N5O/c1-13-2-4-14(5-3-13)9-12-6-7(15-9)8(10)11/h6H,2-5H2,1H3,(H3,10,11). The molecule has 15 heavy (non-hydrogen) atoms. The molecule has 0 unspecified atom stereocenters.